The van der Waals surface area contributed by atoms with Gasteiger partial charge in [-0.25, -0.2) is 0 Å². The first-order valence-electron chi connectivity index (χ1n) is 9.73. The molecule has 162 valence electrons. The van der Waals surface area contributed by atoms with Crippen molar-refractivity contribution in [1.29, 1.82) is 0 Å². The smallest absolute Gasteiger partial charge is 0.256 e. The van der Waals surface area contributed by atoms with Gasteiger partial charge in [0.25, 0.3) is 5.91 Å². The molecule has 0 spiro atoms. The third kappa shape index (κ3) is 5.51. The quantitative estimate of drug-likeness (QED) is 0.285. The van der Waals surface area contributed by atoms with Crippen molar-refractivity contribution in [3.8, 4) is 5.75 Å². The van der Waals surface area contributed by atoms with Crippen LogP contribution in [-0.4, -0.2) is 15.7 Å². The third-order valence-electron chi connectivity index (χ3n) is 4.71. The van der Waals surface area contributed by atoms with Gasteiger partial charge in [-0.05, 0) is 57.9 Å². The number of nitrogens with zero attached hydrogens (tertiary/aromatic N) is 2. The van der Waals surface area contributed by atoms with E-state index in [-0.39, 0.29) is 5.91 Å². The molecular formula is C24H18BrCl2N3O2. The maximum absolute atomic E-state index is 12.6. The summed E-state index contributed by atoms with van der Waals surface area (Å²) < 4.78 is 8.38. The Kier molecular flexibility index (Phi) is 7.15. The van der Waals surface area contributed by atoms with E-state index >= 15 is 0 Å². The summed E-state index contributed by atoms with van der Waals surface area (Å²) in [6, 6.07) is 22.0. The fourth-order valence-corrected chi connectivity index (χ4v) is 3.94. The average molecular weight is 531 g/mol. The monoisotopic (exact) mass is 529 g/mol. The number of amides is 1. The molecule has 4 aromatic rings. The van der Waals surface area contributed by atoms with E-state index in [4.69, 9.17) is 27.9 Å². The third-order valence-corrected chi connectivity index (χ3v) is 6.07. The van der Waals surface area contributed by atoms with Crippen molar-refractivity contribution in [1.82, 2.24) is 9.78 Å². The van der Waals surface area contributed by atoms with Gasteiger partial charge >= 0.3 is 0 Å². The van der Waals surface area contributed by atoms with Crippen LogP contribution in [-0.2, 0) is 13.2 Å². The Balaban J connectivity index is 1.35. The van der Waals surface area contributed by atoms with Gasteiger partial charge in [0.1, 0.15) is 12.4 Å². The first-order chi connectivity index (χ1) is 15.5. The van der Waals surface area contributed by atoms with Crippen LogP contribution in [0.25, 0.3) is 0 Å². The second-order valence-electron chi connectivity index (χ2n) is 6.97. The van der Waals surface area contributed by atoms with E-state index in [1.807, 2.05) is 36.4 Å². The molecule has 0 saturated carbocycles. The number of para-hydroxylation sites is 1. The molecule has 4 rings (SSSR count). The van der Waals surface area contributed by atoms with Crippen LogP contribution in [0.2, 0.25) is 10.0 Å². The van der Waals surface area contributed by atoms with Crippen LogP contribution < -0.4 is 10.1 Å². The van der Waals surface area contributed by atoms with E-state index in [0.29, 0.717) is 34.6 Å². The standard InChI is InChI=1S/C24H18BrCl2N3O2/c25-19-4-1-2-7-22(19)32-15-16-8-10-17(11-9-16)24(31)28-23-12-13-30(29-23)14-18-20(26)5-3-6-21(18)27/h1-13H,14-15H2,(H,28,29,31). The van der Waals surface area contributed by atoms with Gasteiger partial charge in [-0.15, -0.1) is 0 Å². The summed E-state index contributed by atoms with van der Waals surface area (Å²) in [5, 5.41) is 8.33. The number of carbonyl (C=O) groups is 1. The second kappa shape index (κ2) is 10.2. The van der Waals surface area contributed by atoms with E-state index in [2.05, 4.69) is 26.3 Å². The highest BCUT2D eigenvalue weighted by molar-refractivity contribution is 9.10. The fraction of sp³-hybridized carbons (Fsp3) is 0.0833. The highest BCUT2D eigenvalue weighted by atomic mass is 79.9. The van der Waals surface area contributed by atoms with Crippen LogP contribution in [0.4, 0.5) is 5.82 Å². The molecule has 0 aliphatic carbocycles. The van der Waals surface area contributed by atoms with Gasteiger partial charge < -0.3 is 10.1 Å². The van der Waals surface area contributed by atoms with Gasteiger partial charge in [0, 0.05) is 33.4 Å². The van der Waals surface area contributed by atoms with Crippen LogP contribution in [0.15, 0.2) is 83.5 Å². The summed E-state index contributed by atoms with van der Waals surface area (Å²) in [5.74, 6) is 0.965. The van der Waals surface area contributed by atoms with Crippen LogP contribution in [0.1, 0.15) is 21.5 Å². The minimum atomic E-state index is -0.246. The van der Waals surface area contributed by atoms with Gasteiger partial charge in [-0.1, -0.05) is 53.5 Å². The molecule has 1 amide bonds. The number of carbonyl (C=O) groups excluding carboxylic acids is 1. The van der Waals surface area contributed by atoms with Crippen molar-refractivity contribution in [2.45, 2.75) is 13.2 Å². The summed E-state index contributed by atoms with van der Waals surface area (Å²) in [5.41, 5.74) is 2.26. The Bertz CT molecular complexity index is 1220. The summed E-state index contributed by atoms with van der Waals surface area (Å²) in [7, 11) is 0. The zero-order chi connectivity index (χ0) is 22.5. The van der Waals surface area contributed by atoms with E-state index < -0.39 is 0 Å². The van der Waals surface area contributed by atoms with Crippen molar-refractivity contribution in [2.24, 2.45) is 0 Å². The van der Waals surface area contributed by atoms with E-state index in [0.717, 1.165) is 21.3 Å². The topological polar surface area (TPSA) is 56.2 Å². The molecule has 32 heavy (non-hydrogen) atoms. The van der Waals surface area contributed by atoms with Gasteiger partial charge in [-0.3, -0.25) is 9.48 Å². The lowest BCUT2D eigenvalue weighted by molar-refractivity contribution is 0.102. The maximum atomic E-state index is 12.6. The second-order valence-corrected chi connectivity index (χ2v) is 8.64. The van der Waals surface area contributed by atoms with E-state index in [1.54, 1.807) is 47.3 Å². The molecule has 0 fully saturated rings. The molecule has 0 bridgehead atoms. The van der Waals surface area contributed by atoms with Crippen LogP contribution in [0.3, 0.4) is 0 Å². The summed E-state index contributed by atoms with van der Waals surface area (Å²) in [6.45, 7) is 0.806. The number of hydrogen-bond donors (Lipinski definition) is 1. The van der Waals surface area contributed by atoms with E-state index in [9.17, 15) is 4.79 Å². The van der Waals surface area contributed by atoms with Crippen molar-refractivity contribution in [2.75, 3.05) is 5.32 Å². The molecule has 0 atom stereocenters. The predicted octanol–water partition coefficient (Wildman–Crippen LogP) is 6.83. The highest BCUT2D eigenvalue weighted by Crippen LogP contribution is 2.26. The Morgan fingerprint density at radius 1 is 0.969 bits per heavy atom. The van der Waals surface area contributed by atoms with Gasteiger partial charge in [0.05, 0.1) is 11.0 Å². The normalized spacial score (nSPS) is 10.7. The first-order valence-corrected chi connectivity index (χ1v) is 11.3. The lowest BCUT2D eigenvalue weighted by atomic mass is 10.1. The minimum absolute atomic E-state index is 0.246. The Morgan fingerprint density at radius 2 is 1.69 bits per heavy atom. The number of rotatable bonds is 7. The Labute approximate surface area is 204 Å². The number of halogens is 3. The zero-order valence-electron chi connectivity index (χ0n) is 16.8. The molecule has 8 heteroatoms. The molecule has 0 unspecified atom stereocenters. The summed E-state index contributed by atoms with van der Waals surface area (Å²) in [6.07, 6.45) is 1.76. The minimum Gasteiger partial charge on any atom is -0.488 e. The molecule has 0 aliphatic heterocycles. The summed E-state index contributed by atoms with van der Waals surface area (Å²) in [4.78, 5) is 12.6. The largest absolute Gasteiger partial charge is 0.488 e. The number of aromatic nitrogens is 2. The van der Waals surface area contributed by atoms with Crippen molar-refractivity contribution < 1.29 is 9.53 Å². The molecule has 0 saturated heterocycles. The number of nitrogens with one attached hydrogen (secondary N) is 1. The van der Waals surface area contributed by atoms with Crippen molar-refractivity contribution in [3.63, 3.8) is 0 Å². The van der Waals surface area contributed by atoms with E-state index in [1.165, 1.54) is 0 Å². The first kappa shape index (κ1) is 22.4. The van der Waals surface area contributed by atoms with Crippen LogP contribution in [0, 0.1) is 0 Å². The molecule has 3 aromatic carbocycles. The molecule has 1 aromatic heterocycles. The maximum Gasteiger partial charge on any atom is 0.256 e. The van der Waals surface area contributed by atoms with Gasteiger partial charge in [0.2, 0.25) is 0 Å². The lowest BCUT2D eigenvalue weighted by Gasteiger charge is -2.09. The predicted molar refractivity (Wildman–Crippen MR) is 131 cm³/mol. The lowest BCUT2D eigenvalue weighted by Crippen LogP contribution is -2.13. The zero-order valence-corrected chi connectivity index (χ0v) is 19.9. The average Bonchev–Trinajstić information content (AvgIpc) is 3.23. The van der Waals surface area contributed by atoms with Crippen LogP contribution >= 0.6 is 39.1 Å². The number of hydrogen-bond acceptors (Lipinski definition) is 3. The van der Waals surface area contributed by atoms with Crippen molar-refractivity contribution >= 4 is 50.9 Å². The molecule has 0 radical (unpaired) electrons. The molecule has 0 aliphatic rings. The Hall–Kier alpha value is -2.80. The SMILES string of the molecule is O=C(Nc1ccn(Cc2c(Cl)cccc2Cl)n1)c1ccc(COc2ccccc2Br)cc1. The van der Waals surface area contributed by atoms with Crippen molar-refractivity contribution in [3.05, 3.63) is 110 Å². The van der Waals surface area contributed by atoms with Gasteiger partial charge in [0.15, 0.2) is 5.82 Å². The molecule has 1 heterocycles. The molecule has 5 nitrogen and oxygen atoms in total. The number of anilines is 1. The molecule has 1 N–H and O–H groups in total. The summed E-state index contributed by atoms with van der Waals surface area (Å²) >= 11 is 15.9. The fourth-order valence-electron chi connectivity index (χ4n) is 3.03. The number of benzene rings is 3. The number of ether oxygens (including phenoxy) is 1. The van der Waals surface area contributed by atoms with Crippen LogP contribution in [0.5, 0.6) is 5.75 Å². The Morgan fingerprint density at radius 3 is 2.41 bits per heavy atom. The van der Waals surface area contributed by atoms with Gasteiger partial charge in [-0.2, -0.15) is 5.10 Å². The molecular weight excluding hydrogens is 513 g/mol. The highest BCUT2D eigenvalue weighted by Gasteiger charge is 2.11.